The van der Waals surface area contributed by atoms with Crippen molar-refractivity contribution in [1.82, 2.24) is 0 Å². The normalized spacial score (nSPS) is 19.0. The molecule has 0 aliphatic heterocycles. The van der Waals surface area contributed by atoms with Crippen molar-refractivity contribution in [3.8, 4) is 0 Å². The molecule has 0 saturated carbocycles. The van der Waals surface area contributed by atoms with Crippen molar-refractivity contribution in [3.63, 3.8) is 0 Å². The van der Waals surface area contributed by atoms with Crippen molar-refractivity contribution in [3.05, 3.63) is 40.6 Å². The van der Waals surface area contributed by atoms with E-state index in [1.54, 1.807) is 19.1 Å². The zero-order valence-corrected chi connectivity index (χ0v) is 13.0. The molecule has 6 heteroatoms. The number of hydrogen-bond donors (Lipinski definition) is 1. The Morgan fingerprint density at radius 3 is 2.86 bits per heavy atom. The number of aliphatic hydroxyl groups excluding tert-OH is 1. The minimum Gasteiger partial charge on any atom is -0.394 e. The zero-order chi connectivity index (χ0) is 16.1. The van der Waals surface area contributed by atoms with E-state index in [0.717, 1.165) is 0 Å². The molecule has 0 saturated heterocycles. The van der Waals surface area contributed by atoms with Crippen LogP contribution in [-0.4, -0.2) is 36.5 Å². The Morgan fingerprint density at radius 1 is 1.41 bits per heavy atom. The van der Waals surface area contributed by atoms with E-state index < -0.39 is 5.92 Å². The van der Waals surface area contributed by atoms with Gasteiger partial charge in [-0.3, -0.25) is 9.59 Å². The molecule has 2 rings (SSSR count). The first kappa shape index (κ1) is 16.9. The molecular weight excluding hydrogens is 307 g/mol. The first-order valence-electron chi connectivity index (χ1n) is 6.91. The summed E-state index contributed by atoms with van der Waals surface area (Å²) in [7, 11) is 0. The number of allylic oxidation sites excluding steroid dienone is 1. The third-order valence-electron chi connectivity index (χ3n) is 3.37. The summed E-state index contributed by atoms with van der Waals surface area (Å²) in [5.74, 6) is -1.32. The van der Waals surface area contributed by atoms with Crippen LogP contribution >= 0.6 is 11.8 Å². The molecule has 1 unspecified atom stereocenters. The van der Waals surface area contributed by atoms with Gasteiger partial charge >= 0.3 is 0 Å². The van der Waals surface area contributed by atoms with Crippen LogP contribution in [0, 0.1) is 11.7 Å². The van der Waals surface area contributed by atoms with Crippen LogP contribution < -0.4 is 0 Å². The fourth-order valence-electron chi connectivity index (χ4n) is 2.20. The molecular formula is C16H17FO4S. The lowest BCUT2D eigenvalue weighted by molar-refractivity contribution is -0.129. The fourth-order valence-corrected chi connectivity index (χ4v) is 3.38. The van der Waals surface area contributed by atoms with E-state index in [1.807, 2.05) is 0 Å². The van der Waals surface area contributed by atoms with Gasteiger partial charge in [0.05, 0.1) is 32.2 Å². The van der Waals surface area contributed by atoms with E-state index in [2.05, 4.69) is 0 Å². The van der Waals surface area contributed by atoms with Gasteiger partial charge in [0.15, 0.2) is 11.6 Å². The van der Waals surface area contributed by atoms with Gasteiger partial charge in [-0.15, -0.1) is 0 Å². The topological polar surface area (TPSA) is 63.6 Å². The van der Waals surface area contributed by atoms with E-state index in [4.69, 9.17) is 9.84 Å². The lowest BCUT2D eigenvalue weighted by Gasteiger charge is -2.25. The van der Waals surface area contributed by atoms with Gasteiger partial charge in [0.1, 0.15) is 5.82 Å². The highest BCUT2D eigenvalue weighted by atomic mass is 32.2. The summed E-state index contributed by atoms with van der Waals surface area (Å²) in [5.41, 5.74) is 0.520. The van der Waals surface area contributed by atoms with Crippen LogP contribution in [0.25, 0.3) is 0 Å². The van der Waals surface area contributed by atoms with E-state index in [-0.39, 0.29) is 43.6 Å². The van der Waals surface area contributed by atoms with Gasteiger partial charge in [0, 0.05) is 15.4 Å². The average molecular weight is 324 g/mol. The average Bonchev–Trinajstić information content (AvgIpc) is 2.48. The minimum absolute atomic E-state index is 0.113. The Bertz CT molecular complexity index is 612. The lowest BCUT2D eigenvalue weighted by Crippen LogP contribution is -2.30. The standard InChI is InChI=1S/C16H17FO4S/c1-10-14(19)8-15(20)13(9-21-6-5-18)16(10)22-12-4-2-3-11(17)7-12/h2-4,7,13,18H,5-6,8-9H2,1H3. The molecule has 0 aromatic heterocycles. The zero-order valence-electron chi connectivity index (χ0n) is 12.2. The molecule has 0 heterocycles. The summed E-state index contributed by atoms with van der Waals surface area (Å²) in [5, 5.41) is 8.76. The molecule has 0 bridgehead atoms. The first-order chi connectivity index (χ1) is 10.5. The van der Waals surface area contributed by atoms with Gasteiger partial charge in [-0.25, -0.2) is 4.39 Å². The van der Waals surface area contributed by atoms with Crippen LogP contribution in [0.4, 0.5) is 4.39 Å². The third-order valence-corrected chi connectivity index (χ3v) is 4.67. The summed E-state index contributed by atoms with van der Waals surface area (Å²) in [6.07, 6.45) is -0.133. The highest BCUT2D eigenvalue weighted by Crippen LogP contribution is 2.38. The van der Waals surface area contributed by atoms with Crippen LogP contribution in [0.5, 0.6) is 0 Å². The maximum absolute atomic E-state index is 13.3. The molecule has 4 nitrogen and oxygen atoms in total. The number of thioether (sulfide) groups is 1. The minimum atomic E-state index is -0.544. The molecule has 1 aliphatic rings. The number of aliphatic hydroxyl groups is 1. The summed E-state index contributed by atoms with van der Waals surface area (Å²) < 4.78 is 18.6. The Hall–Kier alpha value is -1.50. The summed E-state index contributed by atoms with van der Waals surface area (Å²) >= 11 is 1.22. The monoisotopic (exact) mass is 324 g/mol. The summed E-state index contributed by atoms with van der Waals surface area (Å²) in [4.78, 5) is 25.3. The summed E-state index contributed by atoms with van der Waals surface area (Å²) in [6.45, 7) is 1.79. The van der Waals surface area contributed by atoms with Crippen LogP contribution in [-0.2, 0) is 14.3 Å². The largest absolute Gasteiger partial charge is 0.394 e. The fraction of sp³-hybridized carbons (Fsp3) is 0.375. The predicted molar refractivity (Wildman–Crippen MR) is 81.0 cm³/mol. The number of rotatable bonds is 6. The van der Waals surface area contributed by atoms with Gasteiger partial charge in [-0.1, -0.05) is 17.8 Å². The number of benzene rings is 1. The number of halogens is 1. The molecule has 1 aliphatic carbocycles. The Labute approximate surface area is 132 Å². The van der Waals surface area contributed by atoms with Crippen LogP contribution in [0.15, 0.2) is 39.6 Å². The van der Waals surface area contributed by atoms with Gasteiger partial charge in [-0.2, -0.15) is 0 Å². The van der Waals surface area contributed by atoms with Gasteiger partial charge < -0.3 is 9.84 Å². The Balaban J connectivity index is 2.26. The molecule has 1 aromatic carbocycles. The second-order valence-electron chi connectivity index (χ2n) is 4.97. The van der Waals surface area contributed by atoms with Crippen LogP contribution in [0.2, 0.25) is 0 Å². The maximum atomic E-state index is 13.3. The van der Waals surface area contributed by atoms with Crippen molar-refractivity contribution in [1.29, 1.82) is 0 Å². The third kappa shape index (κ3) is 4.03. The SMILES string of the molecule is CC1=C(Sc2cccc(F)c2)C(COCCO)C(=O)CC1=O. The molecule has 1 atom stereocenters. The number of Topliss-reactive ketones (excluding diaryl/α,β-unsaturated/α-hetero) is 2. The van der Waals surface area contributed by atoms with E-state index >= 15 is 0 Å². The van der Waals surface area contributed by atoms with Crippen molar-refractivity contribution in [2.75, 3.05) is 19.8 Å². The van der Waals surface area contributed by atoms with Crippen LogP contribution in [0.3, 0.4) is 0 Å². The highest BCUT2D eigenvalue weighted by molar-refractivity contribution is 8.03. The van der Waals surface area contributed by atoms with Gasteiger partial charge in [-0.05, 0) is 25.1 Å². The maximum Gasteiger partial charge on any atom is 0.166 e. The molecule has 0 spiro atoms. The first-order valence-corrected chi connectivity index (χ1v) is 7.73. The molecule has 0 fully saturated rings. The van der Waals surface area contributed by atoms with Crippen molar-refractivity contribution < 1.29 is 23.8 Å². The number of carbonyl (C=O) groups is 2. The van der Waals surface area contributed by atoms with Gasteiger partial charge in [0.2, 0.25) is 0 Å². The predicted octanol–water partition coefficient (Wildman–Crippen LogP) is 2.36. The van der Waals surface area contributed by atoms with Crippen molar-refractivity contribution >= 4 is 23.3 Å². The van der Waals surface area contributed by atoms with Crippen molar-refractivity contribution in [2.24, 2.45) is 5.92 Å². The second kappa shape index (κ2) is 7.67. The molecule has 1 aromatic rings. The lowest BCUT2D eigenvalue weighted by atomic mass is 9.89. The Morgan fingerprint density at radius 2 is 2.18 bits per heavy atom. The summed E-state index contributed by atoms with van der Waals surface area (Å²) in [6, 6.07) is 6.00. The number of ether oxygens (including phenoxy) is 1. The molecule has 118 valence electrons. The van der Waals surface area contributed by atoms with E-state index in [9.17, 15) is 14.0 Å². The molecule has 0 amide bonds. The van der Waals surface area contributed by atoms with E-state index in [1.165, 1.54) is 23.9 Å². The second-order valence-corrected chi connectivity index (χ2v) is 6.08. The number of carbonyl (C=O) groups excluding carboxylic acids is 2. The number of ketones is 2. The van der Waals surface area contributed by atoms with Crippen molar-refractivity contribution in [2.45, 2.75) is 18.2 Å². The highest BCUT2D eigenvalue weighted by Gasteiger charge is 2.33. The van der Waals surface area contributed by atoms with Crippen LogP contribution in [0.1, 0.15) is 13.3 Å². The molecule has 0 radical (unpaired) electrons. The number of hydrogen-bond acceptors (Lipinski definition) is 5. The quantitative estimate of drug-likeness (QED) is 0.643. The smallest absolute Gasteiger partial charge is 0.166 e. The molecule has 1 N–H and O–H groups in total. The van der Waals surface area contributed by atoms with Gasteiger partial charge in [0.25, 0.3) is 0 Å². The molecule has 22 heavy (non-hydrogen) atoms. The van der Waals surface area contributed by atoms with E-state index in [0.29, 0.717) is 15.4 Å². The Kier molecular flexibility index (Phi) is 5.88.